The van der Waals surface area contributed by atoms with Crippen LogP contribution in [0.25, 0.3) is 0 Å². The fourth-order valence-electron chi connectivity index (χ4n) is 2.63. The number of rotatable bonds is 7. The standard InChI is InChI=1S/C16H27N3O2S/c1-14(15-5-4-12-22-15)17(2)16(20)13-19-8-6-18(7-9-19)10-11-21-3/h4-5,12,14H,6-11,13H2,1-3H3/t14-/m0/s1. The maximum atomic E-state index is 12.5. The van der Waals surface area contributed by atoms with Crippen molar-refractivity contribution in [2.24, 2.45) is 0 Å². The average Bonchev–Trinajstić information content (AvgIpc) is 3.07. The second kappa shape index (κ2) is 8.62. The van der Waals surface area contributed by atoms with Gasteiger partial charge in [-0.15, -0.1) is 11.3 Å². The van der Waals surface area contributed by atoms with Crippen LogP contribution in [0.2, 0.25) is 0 Å². The maximum absolute atomic E-state index is 12.5. The molecule has 1 amide bonds. The Morgan fingerprint density at radius 1 is 1.36 bits per heavy atom. The Bertz CT molecular complexity index is 444. The number of likely N-dealkylation sites (N-methyl/N-ethyl adjacent to an activating group) is 1. The zero-order chi connectivity index (χ0) is 15.9. The van der Waals surface area contributed by atoms with E-state index >= 15 is 0 Å². The molecule has 124 valence electrons. The molecule has 0 radical (unpaired) electrons. The number of ether oxygens (including phenoxy) is 1. The highest BCUT2D eigenvalue weighted by Gasteiger charge is 2.23. The Labute approximate surface area is 137 Å². The first-order valence-corrected chi connectivity index (χ1v) is 8.72. The van der Waals surface area contributed by atoms with Crippen LogP contribution < -0.4 is 0 Å². The van der Waals surface area contributed by atoms with Crippen molar-refractivity contribution in [2.45, 2.75) is 13.0 Å². The van der Waals surface area contributed by atoms with E-state index in [-0.39, 0.29) is 11.9 Å². The third-order valence-corrected chi connectivity index (χ3v) is 5.41. The van der Waals surface area contributed by atoms with Gasteiger partial charge in [0.1, 0.15) is 0 Å². The van der Waals surface area contributed by atoms with E-state index in [4.69, 9.17) is 4.74 Å². The molecule has 22 heavy (non-hydrogen) atoms. The van der Waals surface area contributed by atoms with Crippen LogP contribution in [-0.4, -0.2) is 80.6 Å². The third-order valence-electron chi connectivity index (χ3n) is 4.36. The summed E-state index contributed by atoms with van der Waals surface area (Å²) in [6, 6.07) is 4.28. The van der Waals surface area contributed by atoms with E-state index in [2.05, 4.69) is 28.2 Å². The first-order valence-electron chi connectivity index (χ1n) is 7.84. The zero-order valence-corrected chi connectivity index (χ0v) is 14.6. The SMILES string of the molecule is COCCN1CCN(CC(=O)N(C)[C@@H](C)c2cccs2)CC1. The van der Waals surface area contributed by atoms with Gasteiger partial charge in [-0.3, -0.25) is 14.6 Å². The molecule has 1 fully saturated rings. The molecule has 1 aliphatic rings. The van der Waals surface area contributed by atoms with E-state index in [1.165, 1.54) is 4.88 Å². The molecule has 0 spiro atoms. The zero-order valence-electron chi connectivity index (χ0n) is 13.8. The summed E-state index contributed by atoms with van der Waals surface area (Å²) in [7, 11) is 3.64. The Kier molecular flexibility index (Phi) is 6.82. The summed E-state index contributed by atoms with van der Waals surface area (Å²) in [5, 5.41) is 2.06. The molecule has 1 atom stereocenters. The summed E-state index contributed by atoms with van der Waals surface area (Å²) in [5.74, 6) is 0.200. The van der Waals surface area contributed by atoms with Gasteiger partial charge >= 0.3 is 0 Å². The molecule has 5 nitrogen and oxygen atoms in total. The van der Waals surface area contributed by atoms with Gasteiger partial charge in [-0.1, -0.05) is 6.07 Å². The number of methoxy groups -OCH3 is 1. The number of thiophene rings is 1. The van der Waals surface area contributed by atoms with Crippen LogP contribution >= 0.6 is 11.3 Å². The molecule has 1 saturated heterocycles. The van der Waals surface area contributed by atoms with E-state index in [1.807, 2.05) is 18.0 Å². The van der Waals surface area contributed by atoms with Crippen molar-refractivity contribution in [3.8, 4) is 0 Å². The van der Waals surface area contributed by atoms with Gasteiger partial charge in [0.25, 0.3) is 0 Å². The predicted octanol–water partition coefficient (Wildman–Crippen LogP) is 1.53. The van der Waals surface area contributed by atoms with Gasteiger partial charge < -0.3 is 9.64 Å². The average molecular weight is 325 g/mol. The number of hydrogen-bond acceptors (Lipinski definition) is 5. The molecule has 0 saturated carbocycles. The molecular formula is C16H27N3O2S. The van der Waals surface area contributed by atoms with E-state index in [9.17, 15) is 4.79 Å². The lowest BCUT2D eigenvalue weighted by Crippen LogP contribution is -2.50. The minimum absolute atomic E-state index is 0.149. The number of hydrogen-bond donors (Lipinski definition) is 0. The lowest BCUT2D eigenvalue weighted by molar-refractivity contribution is -0.133. The van der Waals surface area contributed by atoms with Crippen molar-refractivity contribution in [1.29, 1.82) is 0 Å². The van der Waals surface area contributed by atoms with E-state index < -0.39 is 0 Å². The van der Waals surface area contributed by atoms with Gasteiger partial charge in [0.15, 0.2) is 0 Å². The van der Waals surface area contributed by atoms with Gasteiger partial charge in [0.05, 0.1) is 19.2 Å². The molecule has 1 aromatic rings. The van der Waals surface area contributed by atoms with Crippen molar-refractivity contribution >= 4 is 17.2 Å². The first-order chi connectivity index (χ1) is 10.6. The Morgan fingerprint density at radius 2 is 2.05 bits per heavy atom. The van der Waals surface area contributed by atoms with Crippen LogP contribution in [0.15, 0.2) is 17.5 Å². The topological polar surface area (TPSA) is 36.0 Å². The largest absolute Gasteiger partial charge is 0.383 e. The quantitative estimate of drug-likeness (QED) is 0.762. The minimum Gasteiger partial charge on any atom is -0.383 e. The number of carbonyl (C=O) groups excluding carboxylic acids is 1. The van der Waals surface area contributed by atoms with E-state index in [0.717, 1.165) is 39.3 Å². The van der Waals surface area contributed by atoms with Crippen LogP contribution in [-0.2, 0) is 9.53 Å². The fraction of sp³-hybridized carbons (Fsp3) is 0.688. The summed E-state index contributed by atoms with van der Waals surface area (Å²) in [5.41, 5.74) is 0. The highest BCUT2D eigenvalue weighted by molar-refractivity contribution is 7.10. The second-order valence-electron chi connectivity index (χ2n) is 5.81. The Balaban J connectivity index is 1.75. The number of nitrogens with zero attached hydrogens (tertiary/aromatic N) is 3. The molecule has 1 aromatic heterocycles. The molecule has 0 unspecified atom stereocenters. The molecule has 0 N–H and O–H groups in total. The van der Waals surface area contributed by atoms with E-state index in [0.29, 0.717) is 6.54 Å². The lowest BCUT2D eigenvalue weighted by atomic mass is 10.2. The van der Waals surface area contributed by atoms with Crippen molar-refractivity contribution in [3.63, 3.8) is 0 Å². The highest BCUT2D eigenvalue weighted by atomic mass is 32.1. The van der Waals surface area contributed by atoms with Crippen LogP contribution in [0, 0.1) is 0 Å². The van der Waals surface area contributed by atoms with Crippen LogP contribution in [0.4, 0.5) is 0 Å². The monoisotopic (exact) mass is 325 g/mol. The van der Waals surface area contributed by atoms with Crippen LogP contribution in [0.5, 0.6) is 0 Å². The van der Waals surface area contributed by atoms with Crippen molar-refractivity contribution in [1.82, 2.24) is 14.7 Å². The molecule has 0 aliphatic carbocycles. The Hall–Kier alpha value is -0.950. The fourth-order valence-corrected chi connectivity index (χ4v) is 3.46. The summed E-state index contributed by atoms with van der Waals surface area (Å²) in [6.07, 6.45) is 0. The van der Waals surface area contributed by atoms with Crippen molar-refractivity contribution in [3.05, 3.63) is 22.4 Å². The molecular weight excluding hydrogens is 298 g/mol. The number of amides is 1. The molecule has 1 aliphatic heterocycles. The van der Waals surface area contributed by atoms with Crippen LogP contribution in [0.1, 0.15) is 17.8 Å². The molecule has 2 rings (SSSR count). The van der Waals surface area contributed by atoms with Gasteiger partial charge in [-0.2, -0.15) is 0 Å². The molecule has 6 heteroatoms. The molecule has 2 heterocycles. The van der Waals surface area contributed by atoms with Gasteiger partial charge in [0.2, 0.25) is 5.91 Å². The summed E-state index contributed by atoms with van der Waals surface area (Å²) in [6.45, 7) is 8.30. The summed E-state index contributed by atoms with van der Waals surface area (Å²) in [4.78, 5) is 20.2. The van der Waals surface area contributed by atoms with E-state index in [1.54, 1.807) is 18.4 Å². The maximum Gasteiger partial charge on any atom is 0.237 e. The predicted molar refractivity (Wildman–Crippen MR) is 90.3 cm³/mol. The third kappa shape index (κ3) is 4.78. The van der Waals surface area contributed by atoms with Crippen molar-refractivity contribution in [2.75, 3.05) is 60.0 Å². The smallest absolute Gasteiger partial charge is 0.237 e. The van der Waals surface area contributed by atoms with Crippen molar-refractivity contribution < 1.29 is 9.53 Å². The number of piperazine rings is 1. The molecule has 0 bridgehead atoms. The van der Waals surface area contributed by atoms with Crippen LogP contribution in [0.3, 0.4) is 0 Å². The molecule has 0 aromatic carbocycles. The van der Waals surface area contributed by atoms with Gasteiger partial charge in [-0.25, -0.2) is 0 Å². The lowest BCUT2D eigenvalue weighted by Gasteiger charge is -2.35. The first kappa shape index (κ1) is 17.4. The normalized spacial score (nSPS) is 18.3. The number of carbonyl (C=O) groups is 1. The second-order valence-corrected chi connectivity index (χ2v) is 6.79. The summed E-state index contributed by atoms with van der Waals surface area (Å²) < 4.78 is 5.11. The Morgan fingerprint density at radius 3 is 2.64 bits per heavy atom. The van der Waals surface area contributed by atoms with Gasteiger partial charge in [0, 0.05) is 51.8 Å². The minimum atomic E-state index is 0.149. The van der Waals surface area contributed by atoms with Gasteiger partial charge in [-0.05, 0) is 18.4 Å². The summed E-state index contributed by atoms with van der Waals surface area (Å²) >= 11 is 1.70. The highest BCUT2D eigenvalue weighted by Crippen LogP contribution is 2.23.